The summed E-state index contributed by atoms with van der Waals surface area (Å²) in [6.45, 7) is 4.09. The highest BCUT2D eigenvalue weighted by molar-refractivity contribution is 7.99. The molecule has 5 nitrogen and oxygen atoms in total. The fourth-order valence-corrected chi connectivity index (χ4v) is 5.13. The number of aromatic nitrogens is 2. The zero-order chi connectivity index (χ0) is 22.5. The Morgan fingerprint density at radius 2 is 1.75 bits per heavy atom. The highest BCUT2D eigenvalue weighted by Crippen LogP contribution is 2.23. The van der Waals surface area contributed by atoms with Crippen LogP contribution < -0.4 is 10.9 Å². The van der Waals surface area contributed by atoms with Crippen molar-refractivity contribution in [2.45, 2.75) is 70.0 Å². The minimum absolute atomic E-state index is 0.00891. The molecular formula is C26H31N3O2S. The lowest BCUT2D eigenvalue weighted by molar-refractivity contribution is -0.119. The summed E-state index contributed by atoms with van der Waals surface area (Å²) in [6, 6.07) is 13.6. The number of fused-ring (bicyclic) bond motifs is 1. The fraction of sp³-hybridized carbons (Fsp3) is 0.423. The van der Waals surface area contributed by atoms with Crippen LogP contribution in [0.1, 0.15) is 56.1 Å². The SMILES string of the molecule is Cc1ccc(-n2c(SCC(=O)NC3CCCCCCC3)nc3ccccc3c2=O)cc1C. The van der Waals surface area contributed by atoms with Crippen molar-refractivity contribution >= 4 is 28.6 Å². The maximum Gasteiger partial charge on any atom is 0.266 e. The van der Waals surface area contributed by atoms with Crippen molar-refractivity contribution in [3.63, 3.8) is 0 Å². The first kappa shape index (κ1) is 22.6. The molecule has 0 radical (unpaired) electrons. The molecule has 1 fully saturated rings. The zero-order valence-electron chi connectivity index (χ0n) is 18.9. The maximum atomic E-state index is 13.4. The number of benzene rings is 2. The normalized spacial score (nSPS) is 15.3. The lowest BCUT2D eigenvalue weighted by atomic mass is 9.97. The average molecular weight is 450 g/mol. The van der Waals surface area contributed by atoms with Crippen LogP contribution in [-0.4, -0.2) is 27.3 Å². The van der Waals surface area contributed by atoms with Gasteiger partial charge < -0.3 is 5.32 Å². The molecule has 4 rings (SSSR count). The van der Waals surface area contributed by atoms with Crippen LogP contribution in [0, 0.1) is 13.8 Å². The highest BCUT2D eigenvalue weighted by Gasteiger charge is 2.17. The van der Waals surface area contributed by atoms with Gasteiger partial charge in [-0.1, -0.05) is 62.1 Å². The van der Waals surface area contributed by atoms with E-state index in [4.69, 9.17) is 4.98 Å². The second-order valence-electron chi connectivity index (χ2n) is 8.72. The number of thioether (sulfide) groups is 1. The van der Waals surface area contributed by atoms with Gasteiger partial charge in [-0.3, -0.25) is 14.2 Å². The van der Waals surface area contributed by atoms with Crippen molar-refractivity contribution in [1.29, 1.82) is 0 Å². The number of aryl methyl sites for hydroxylation is 2. The van der Waals surface area contributed by atoms with E-state index in [0.717, 1.165) is 24.1 Å². The average Bonchev–Trinajstić information content (AvgIpc) is 2.76. The number of hydrogen-bond acceptors (Lipinski definition) is 4. The summed E-state index contributed by atoms with van der Waals surface area (Å²) in [7, 11) is 0. The van der Waals surface area contributed by atoms with Gasteiger partial charge in [-0.05, 0) is 62.1 Å². The number of carbonyl (C=O) groups excluding carboxylic acids is 1. The third kappa shape index (κ3) is 5.23. The molecule has 0 aliphatic heterocycles. The number of rotatable bonds is 5. The Balaban J connectivity index is 1.60. The monoisotopic (exact) mass is 449 g/mol. The minimum atomic E-state index is -0.109. The molecule has 1 amide bonds. The summed E-state index contributed by atoms with van der Waals surface area (Å²) in [4.78, 5) is 30.9. The number of amides is 1. The number of hydrogen-bond donors (Lipinski definition) is 1. The first-order chi connectivity index (χ1) is 15.5. The molecule has 2 aromatic carbocycles. The number of carbonyl (C=O) groups is 1. The van der Waals surface area contributed by atoms with Gasteiger partial charge in [0.15, 0.2) is 5.16 Å². The molecule has 1 aliphatic carbocycles. The van der Waals surface area contributed by atoms with E-state index < -0.39 is 0 Å². The Bertz CT molecular complexity index is 1160. The second kappa shape index (κ2) is 10.3. The van der Waals surface area contributed by atoms with Gasteiger partial charge in [0, 0.05) is 6.04 Å². The van der Waals surface area contributed by atoms with Crippen molar-refractivity contribution in [3.05, 3.63) is 63.9 Å². The number of para-hydroxylation sites is 1. The van der Waals surface area contributed by atoms with Crippen LogP contribution in [0.3, 0.4) is 0 Å². The number of nitrogens with one attached hydrogen (secondary N) is 1. The molecule has 1 aliphatic rings. The van der Waals surface area contributed by atoms with E-state index in [-0.39, 0.29) is 23.3 Å². The van der Waals surface area contributed by atoms with Gasteiger partial charge in [-0.25, -0.2) is 4.98 Å². The van der Waals surface area contributed by atoms with Gasteiger partial charge in [0.05, 0.1) is 22.3 Å². The van der Waals surface area contributed by atoms with Crippen LogP contribution in [0.5, 0.6) is 0 Å². The van der Waals surface area contributed by atoms with Crippen molar-refractivity contribution in [1.82, 2.24) is 14.9 Å². The summed E-state index contributed by atoms with van der Waals surface area (Å²) in [5, 5.41) is 4.33. The predicted octanol–water partition coefficient (Wildman–Crippen LogP) is 5.32. The van der Waals surface area contributed by atoms with Crippen LogP contribution in [0.4, 0.5) is 0 Å². The molecule has 0 saturated heterocycles. The van der Waals surface area contributed by atoms with Gasteiger partial charge in [-0.15, -0.1) is 0 Å². The molecule has 6 heteroatoms. The van der Waals surface area contributed by atoms with Crippen LogP contribution >= 0.6 is 11.8 Å². The molecule has 32 heavy (non-hydrogen) atoms. The summed E-state index contributed by atoms with van der Waals surface area (Å²) in [5.74, 6) is 0.251. The van der Waals surface area contributed by atoms with E-state index in [1.165, 1.54) is 49.4 Å². The zero-order valence-corrected chi connectivity index (χ0v) is 19.7. The molecule has 3 aromatic rings. The first-order valence-corrected chi connectivity index (χ1v) is 12.5. The van der Waals surface area contributed by atoms with E-state index in [1.807, 2.05) is 43.3 Å². The Morgan fingerprint density at radius 3 is 2.50 bits per heavy atom. The van der Waals surface area contributed by atoms with Crippen LogP contribution in [-0.2, 0) is 4.79 Å². The molecular weight excluding hydrogens is 418 g/mol. The lowest BCUT2D eigenvalue weighted by Crippen LogP contribution is -2.36. The van der Waals surface area contributed by atoms with Crippen LogP contribution in [0.25, 0.3) is 16.6 Å². The van der Waals surface area contributed by atoms with Gasteiger partial charge in [-0.2, -0.15) is 0 Å². The molecule has 0 spiro atoms. The quantitative estimate of drug-likeness (QED) is 0.423. The second-order valence-corrected chi connectivity index (χ2v) is 9.66. The largest absolute Gasteiger partial charge is 0.353 e. The van der Waals surface area contributed by atoms with E-state index in [2.05, 4.69) is 12.2 Å². The highest BCUT2D eigenvalue weighted by atomic mass is 32.2. The topological polar surface area (TPSA) is 64.0 Å². The Hall–Kier alpha value is -2.60. The lowest BCUT2D eigenvalue weighted by Gasteiger charge is -2.21. The molecule has 1 aromatic heterocycles. The fourth-order valence-electron chi connectivity index (χ4n) is 4.30. The van der Waals surface area contributed by atoms with Crippen molar-refractivity contribution < 1.29 is 4.79 Å². The van der Waals surface area contributed by atoms with Crippen molar-refractivity contribution in [2.24, 2.45) is 0 Å². The van der Waals surface area contributed by atoms with E-state index in [0.29, 0.717) is 16.1 Å². The molecule has 1 N–H and O–H groups in total. The van der Waals surface area contributed by atoms with E-state index in [1.54, 1.807) is 10.6 Å². The first-order valence-electron chi connectivity index (χ1n) is 11.5. The molecule has 1 heterocycles. The minimum Gasteiger partial charge on any atom is -0.353 e. The predicted molar refractivity (Wildman–Crippen MR) is 132 cm³/mol. The summed E-state index contributed by atoms with van der Waals surface area (Å²) < 4.78 is 1.64. The van der Waals surface area contributed by atoms with E-state index >= 15 is 0 Å². The van der Waals surface area contributed by atoms with Gasteiger partial charge >= 0.3 is 0 Å². The summed E-state index contributed by atoms with van der Waals surface area (Å²) in [5.41, 5.74) is 3.60. The van der Waals surface area contributed by atoms with Crippen LogP contribution in [0.15, 0.2) is 52.4 Å². The van der Waals surface area contributed by atoms with Crippen molar-refractivity contribution in [3.8, 4) is 5.69 Å². The van der Waals surface area contributed by atoms with Gasteiger partial charge in [0.2, 0.25) is 5.91 Å². The number of nitrogens with zero attached hydrogens (tertiary/aromatic N) is 2. The molecule has 168 valence electrons. The third-order valence-corrected chi connectivity index (χ3v) is 7.23. The van der Waals surface area contributed by atoms with Crippen molar-refractivity contribution in [2.75, 3.05) is 5.75 Å². The van der Waals surface area contributed by atoms with Gasteiger partial charge in [0.25, 0.3) is 5.56 Å². The van der Waals surface area contributed by atoms with E-state index in [9.17, 15) is 9.59 Å². The Labute approximate surface area is 193 Å². The summed E-state index contributed by atoms with van der Waals surface area (Å²) >= 11 is 1.33. The van der Waals surface area contributed by atoms with Gasteiger partial charge in [0.1, 0.15) is 0 Å². The maximum absolute atomic E-state index is 13.4. The third-order valence-electron chi connectivity index (χ3n) is 6.30. The standard InChI is InChI=1S/C26H31N3O2S/c1-18-14-15-21(16-19(18)2)29-25(31)22-12-8-9-13-23(22)28-26(29)32-17-24(30)27-20-10-6-4-3-5-7-11-20/h8-9,12-16,20H,3-7,10-11,17H2,1-2H3,(H,27,30). The smallest absolute Gasteiger partial charge is 0.266 e. The van der Waals surface area contributed by atoms with Crippen LogP contribution in [0.2, 0.25) is 0 Å². The Morgan fingerprint density at radius 1 is 1.03 bits per heavy atom. The molecule has 0 unspecified atom stereocenters. The molecule has 0 bridgehead atoms. The summed E-state index contributed by atoms with van der Waals surface area (Å²) in [6.07, 6.45) is 8.28. The Kier molecular flexibility index (Phi) is 7.30. The molecule has 0 atom stereocenters. The molecule has 1 saturated carbocycles.